The Kier molecular flexibility index (Phi) is 7.70. The van der Waals surface area contributed by atoms with Gasteiger partial charge in [0.15, 0.2) is 0 Å². The fourth-order valence-corrected chi connectivity index (χ4v) is 3.12. The van der Waals surface area contributed by atoms with E-state index < -0.39 is 0 Å². The van der Waals surface area contributed by atoms with Crippen LogP contribution in [0.5, 0.6) is 0 Å². The van der Waals surface area contributed by atoms with Crippen molar-refractivity contribution in [3.8, 4) is 0 Å². The van der Waals surface area contributed by atoms with Crippen LogP contribution in [-0.2, 0) is 4.74 Å². The minimum Gasteiger partial charge on any atom is -1.00 e. The second kappa shape index (κ2) is 9.76. The summed E-state index contributed by atoms with van der Waals surface area (Å²) in [6.07, 6.45) is 0. The molecular formula is C16H25ClN5O3-. The van der Waals surface area contributed by atoms with Gasteiger partial charge in [0, 0.05) is 64.1 Å². The van der Waals surface area contributed by atoms with Gasteiger partial charge in [-0.15, -0.1) is 0 Å². The van der Waals surface area contributed by atoms with E-state index in [-0.39, 0.29) is 23.0 Å². The standard InChI is InChI=1S/C16H25N5O3.ClH/c22-21(23)16-2-1-14(20-7-3-17-4-8-20)13-15(16)18-5-6-19-9-11-24-12-10-19;/h1-2,13,17-18H,3-12H2;1H/p-1. The number of hydrogen-bond acceptors (Lipinski definition) is 7. The number of halogens is 1. The second-order valence-corrected chi connectivity index (χ2v) is 6.08. The quantitative estimate of drug-likeness (QED) is 0.432. The van der Waals surface area contributed by atoms with E-state index in [0.717, 1.165) is 64.7 Å². The van der Waals surface area contributed by atoms with Gasteiger partial charge in [-0.2, -0.15) is 0 Å². The molecule has 2 aliphatic rings. The Hall–Kier alpha value is -1.61. The normalized spacial score (nSPS) is 18.5. The lowest BCUT2D eigenvalue weighted by atomic mass is 10.2. The zero-order chi connectivity index (χ0) is 16.8. The van der Waals surface area contributed by atoms with Crippen molar-refractivity contribution in [3.05, 3.63) is 28.3 Å². The Balaban J connectivity index is 0.00000225. The molecule has 2 heterocycles. The SMILES string of the molecule is O=[N+]([O-])c1ccc(N2CCNCC2)cc1NCCN1CCOCC1.[Cl-]. The van der Waals surface area contributed by atoms with Crippen molar-refractivity contribution >= 4 is 17.1 Å². The molecule has 1 aromatic rings. The predicted molar refractivity (Wildman–Crippen MR) is 93.9 cm³/mol. The van der Waals surface area contributed by atoms with Crippen LogP contribution in [0.4, 0.5) is 17.1 Å². The Bertz CT molecular complexity index is 563. The monoisotopic (exact) mass is 370 g/mol. The highest BCUT2D eigenvalue weighted by molar-refractivity contribution is 5.69. The van der Waals surface area contributed by atoms with E-state index in [1.807, 2.05) is 12.1 Å². The van der Waals surface area contributed by atoms with Gasteiger partial charge in [-0.25, -0.2) is 0 Å². The van der Waals surface area contributed by atoms with Crippen LogP contribution in [0, 0.1) is 10.1 Å². The van der Waals surface area contributed by atoms with Crippen molar-refractivity contribution in [2.45, 2.75) is 0 Å². The van der Waals surface area contributed by atoms with Gasteiger partial charge in [0.25, 0.3) is 5.69 Å². The average Bonchev–Trinajstić information content (AvgIpc) is 2.63. The number of nitro benzene ring substituents is 1. The molecule has 0 amide bonds. The number of ether oxygens (including phenoxy) is 1. The second-order valence-electron chi connectivity index (χ2n) is 6.08. The van der Waals surface area contributed by atoms with Gasteiger partial charge in [0.05, 0.1) is 18.1 Å². The van der Waals surface area contributed by atoms with Gasteiger partial charge >= 0.3 is 0 Å². The van der Waals surface area contributed by atoms with Crippen molar-refractivity contribution < 1.29 is 22.1 Å². The third-order valence-electron chi connectivity index (χ3n) is 4.51. The predicted octanol–water partition coefficient (Wildman–Crippen LogP) is -2.25. The fraction of sp³-hybridized carbons (Fsp3) is 0.625. The Morgan fingerprint density at radius 1 is 1.20 bits per heavy atom. The molecule has 1 aromatic carbocycles. The highest BCUT2D eigenvalue weighted by Crippen LogP contribution is 2.29. The first-order chi connectivity index (χ1) is 11.7. The average molecular weight is 371 g/mol. The number of benzene rings is 1. The van der Waals surface area contributed by atoms with E-state index in [2.05, 4.69) is 20.4 Å². The maximum atomic E-state index is 11.3. The van der Waals surface area contributed by atoms with Crippen LogP contribution in [0.1, 0.15) is 0 Å². The van der Waals surface area contributed by atoms with Gasteiger partial charge in [0.2, 0.25) is 0 Å². The van der Waals surface area contributed by atoms with Crippen molar-refractivity contribution in [2.24, 2.45) is 0 Å². The summed E-state index contributed by atoms with van der Waals surface area (Å²) in [6.45, 7) is 8.64. The van der Waals surface area contributed by atoms with Crippen molar-refractivity contribution in [1.82, 2.24) is 10.2 Å². The van der Waals surface area contributed by atoms with Crippen LogP contribution in [0.25, 0.3) is 0 Å². The number of hydrogen-bond donors (Lipinski definition) is 2. The molecule has 25 heavy (non-hydrogen) atoms. The number of nitrogens with zero attached hydrogens (tertiary/aromatic N) is 3. The number of anilines is 2. The van der Waals surface area contributed by atoms with Crippen LogP contribution in [-0.4, -0.2) is 75.4 Å². The van der Waals surface area contributed by atoms with Gasteiger partial charge in [-0.3, -0.25) is 15.0 Å². The van der Waals surface area contributed by atoms with Crippen LogP contribution in [0.15, 0.2) is 18.2 Å². The van der Waals surface area contributed by atoms with Crippen LogP contribution >= 0.6 is 0 Å². The first-order valence-electron chi connectivity index (χ1n) is 8.52. The van der Waals surface area contributed by atoms with Gasteiger partial charge in [-0.05, 0) is 12.1 Å². The zero-order valence-electron chi connectivity index (χ0n) is 14.2. The number of morpholine rings is 1. The van der Waals surface area contributed by atoms with Crippen molar-refractivity contribution in [1.29, 1.82) is 0 Å². The molecule has 2 N–H and O–H groups in total. The topological polar surface area (TPSA) is 82.9 Å². The number of rotatable bonds is 6. The van der Waals surface area contributed by atoms with Crippen LogP contribution in [0.3, 0.4) is 0 Å². The third kappa shape index (κ3) is 5.43. The maximum absolute atomic E-state index is 11.3. The van der Waals surface area contributed by atoms with Crippen molar-refractivity contribution in [2.75, 3.05) is 75.8 Å². The van der Waals surface area contributed by atoms with E-state index >= 15 is 0 Å². The van der Waals surface area contributed by atoms with Gasteiger partial charge in [0.1, 0.15) is 5.69 Å². The molecule has 9 heteroatoms. The molecule has 2 aliphatic heterocycles. The highest BCUT2D eigenvalue weighted by atomic mass is 35.5. The van der Waals surface area contributed by atoms with Gasteiger partial charge < -0.3 is 32.7 Å². The molecule has 0 aliphatic carbocycles. The van der Waals surface area contributed by atoms with E-state index in [1.165, 1.54) is 0 Å². The lowest BCUT2D eigenvalue weighted by Crippen LogP contribution is -3.00. The maximum Gasteiger partial charge on any atom is 0.292 e. The Labute approximate surface area is 154 Å². The number of piperazine rings is 1. The molecule has 0 saturated carbocycles. The summed E-state index contributed by atoms with van der Waals surface area (Å²) >= 11 is 0. The third-order valence-corrected chi connectivity index (χ3v) is 4.51. The molecule has 2 saturated heterocycles. The first kappa shape index (κ1) is 19.7. The zero-order valence-corrected chi connectivity index (χ0v) is 15.0. The van der Waals surface area contributed by atoms with Gasteiger partial charge in [-0.1, -0.05) is 0 Å². The molecular weight excluding hydrogens is 346 g/mol. The minimum atomic E-state index is -0.321. The Morgan fingerprint density at radius 3 is 2.60 bits per heavy atom. The lowest BCUT2D eigenvalue weighted by Gasteiger charge is -2.30. The number of nitrogens with one attached hydrogen (secondary N) is 2. The first-order valence-corrected chi connectivity index (χ1v) is 8.52. The van der Waals surface area contributed by atoms with E-state index in [9.17, 15) is 10.1 Å². The summed E-state index contributed by atoms with van der Waals surface area (Å²) in [5.74, 6) is 0. The molecule has 2 fully saturated rings. The summed E-state index contributed by atoms with van der Waals surface area (Å²) in [7, 11) is 0. The molecule has 3 rings (SSSR count). The van der Waals surface area contributed by atoms with Crippen LogP contribution < -0.4 is 27.9 Å². The molecule has 0 bridgehead atoms. The minimum absolute atomic E-state index is 0. The summed E-state index contributed by atoms with van der Waals surface area (Å²) in [5.41, 5.74) is 1.77. The highest BCUT2D eigenvalue weighted by Gasteiger charge is 2.18. The van der Waals surface area contributed by atoms with Crippen LogP contribution in [0.2, 0.25) is 0 Å². The summed E-state index contributed by atoms with van der Waals surface area (Å²) in [5, 5.41) is 17.9. The smallest absolute Gasteiger partial charge is 0.292 e. The summed E-state index contributed by atoms with van der Waals surface area (Å²) in [6, 6.07) is 5.35. The largest absolute Gasteiger partial charge is 1.00 e. The molecule has 0 unspecified atom stereocenters. The molecule has 140 valence electrons. The molecule has 8 nitrogen and oxygen atoms in total. The Morgan fingerprint density at radius 2 is 1.92 bits per heavy atom. The molecule has 0 radical (unpaired) electrons. The van der Waals surface area contributed by atoms with E-state index in [0.29, 0.717) is 12.2 Å². The lowest BCUT2D eigenvalue weighted by molar-refractivity contribution is -0.383. The molecule has 0 aromatic heterocycles. The fourth-order valence-electron chi connectivity index (χ4n) is 3.12. The van der Waals surface area contributed by atoms with Crippen molar-refractivity contribution in [3.63, 3.8) is 0 Å². The summed E-state index contributed by atoms with van der Waals surface area (Å²) < 4.78 is 5.34. The van der Waals surface area contributed by atoms with E-state index in [1.54, 1.807) is 6.07 Å². The number of nitro groups is 1. The summed E-state index contributed by atoms with van der Waals surface area (Å²) in [4.78, 5) is 15.5. The molecule has 0 spiro atoms. The van der Waals surface area contributed by atoms with E-state index in [4.69, 9.17) is 4.74 Å². The molecule has 0 atom stereocenters.